The fourth-order valence-electron chi connectivity index (χ4n) is 2.48. The van der Waals surface area contributed by atoms with Crippen LogP contribution in [0, 0.1) is 6.92 Å². The van der Waals surface area contributed by atoms with Crippen LogP contribution in [0.1, 0.15) is 29.5 Å². The maximum atomic E-state index is 13.2. The molecule has 0 bridgehead atoms. The van der Waals surface area contributed by atoms with E-state index < -0.39 is 5.92 Å². The van der Waals surface area contributed by atoms with Gasteiger partial charge in [-0.2, -0.15) is 0 Å². The summed E-state index contributed by atoms with van der Waals surface area (Å²) in [5, 5.41) is 3.08. The van der Waals surface area contributed by atoms with E-state index in [1.807, 2.05) is 18.9 Å². The van der Waals surface area contributed by atoms with E-state index in [1.54, 1.807) is 0 Å². The fraction of sp³-hybridized carbons (Fsp3) is 0.750. The Morgan fingerprint density at radius 2 is 2.11 bits per heavy atom. The number of H-pyrrole nitrogens is 1. The molecule has 0 spiro atoms. The van der Waals surface area contributed by atoms with Crippen LogP contribution in [-0.4, -0.2) is 42.5 Å². The Bertz CT molecular complexity index is 476. The zero-order chi connectivity index (χ0) is 14.0. The molecule has 2 N–H and O–H groups in total. The van der Waals surface area contributed by atoms with Crippen LogP contribution in [0.5, 0.6) is 0 Å². The summed E-state index contributed by atoms with van der Waals surface area (Å²) in [6.07, 6.45) is -0.211. The Balaban J connectivity index is 2.17. The minimum Gasteiger partial charge on any atom is -0.318 e. The number of thiazole rings is 1. The molecule has 0 saturated carbocycles. The van der Waals surface area contributed by atoms with Crippen LogP contribution in [0.2, 0.25) is 0 Å². The average Bonchev–Trinajstić information content (AvgIpc) is 2.66. The summed E-state index contributed by atoms with van der Waals surface area (Å²) in [5.41, 5.74) is 0.840. The summed E-state index contributed by atoms with van der Waals surface area (Å²) >= 11 is 1.18. The fourth-order valence-corrected chi connectivity index (χ4v) is 3.45. The Hall–Kier alpha value is -0.790. The molecule has 1 aromatic heterocycles. The third kappa shape index (κ3) is 3.40. The van der Waals surface area contributed by atoms with E-state index in [1.165, 1.54) is 11.3 Å². The summed E-state index contributed by atoms with van der Waals surface area (Å²) in [6, 6.07) is -0.00921. The summed E-state index contributed by atoms with van der Waals surface area (Å²) in [4.78, 5) is 17.1. The summed E-state index contributed by atoms with van der Waals surface area (Å²) in [7, 11) is 1.83. The van der Waals surface area contributed by atoms with Crippen molar-refractivity contribution in [3.8, 4) is 0 Å². The number of aromatic nitrogens is 1. The van der Waals surface area contributed by atoms with Gasteiger partial charge in [0.2, 0.25) is 0 Å². The second kappa shape index (κ2) is 5.68. The molecule has 19 heavy (non-hydrogen) atoms. The molecule has 1 aromatic rings. The first-order valence-electron chi connectivity index (χ1n) is 6.39. The van der Waals surface area contributed by atoms with E-state index in [0.717, 1.165) is 10.6 Å². The number of piperidine rings is 1. The molecule has 2 rings (SSSR count). The second-order valence-electron chi connectivity index (χ2n) is 4.97. The number of nitrogens with zero attached hydrogens (tertiary/aromatic N) is 1. The first kappa shape index (κ1) is 14.6. The Labute approximate surface area is 114 Å². The largest absolute Gasteiger partial charge is 0.318 e. The minimum atomic E-state index is -2.54. The maximum Gasteiger partial charge on any atom is 0.304 e. The van der Waals surface area contributed by atoms with Crippen molar-refractivity contribution in [2.75, 3.05) is 26.7 Å². The average molecular weight is 291 g/mol. The highest BCUT2D eigenvalue weighted by atomic mass is 32.1. The first-order chi connectivity index (χ1) is 8.93. The van der Waals surface area contributed by atoms with Crippen LogP contribution < -0.4 is 10.2 Å². The smallest absolute Gasteiger partial charge is 0.304 e. The van der Waals surface area contributed by atoms with Gasteiger partial charge in [-0.3, -0.25) is 9.69 Å². The molecule has 0 aromatic carbocycles. The molecule has 1 fully saturated rings. The highest BCUT2D eigenvalue weighted by Crippen LogP contribution is 2.33. The van der Waals surface area contributed by atoms with Crippen molar-refractivity contribution in [3.05, 3.63) is 20.2 Å². The number of alkyl halides is 2. The molecule has 0 aliphatic carbocycles. The van der Waals surface area contributed by atoms with Gasteiger partial charge in [0.05, 0.1) is 6.04 Å². The number of aryl methyl sites for hydroxylation is 1. The number of rotatable bonds is 4. The molecule has 0 amide bonds. The molecule has 1 unspecified atom stereocenters. The van der Waals surface area contributed by atoms with Crippen LogP contribution in [0.25, 0.3) is 0 Å². The van der Waals surface area contributed by atoms with Crippen molar-refractivity contribution in [1.29, 1.82) is 0 Å². The molecule has 1 aliphatic rings. The standard InChI is InChI=1S/C12H19F2N3OS/c1-8-10(19-11(18)16-8)9(7-15-2)17-5-3-12(13,14)4-6-17/h9,15H,3-7H2,1-2H3,(H,16,18). The number of nitrogens with one attached hydrogen (secondary N) is 2. The minimum absolute atomic E-state index is 0.00921. The van der Waals surface area contributed by atoms with Gasteiger partial charge in [0, 0.05) is 43.0 Å². The molecule has 2 heterocycles. The van der Waals surface area contributed by atoms with Gasteiger partial charge >= 0.3 is 4.87 Å². The Kier molecular flexibility index (Phi) is 4.37. The van der Waals surface area contributed by atoms with Gasteiger partial charge in [-0.15, -0.1) is 0 Å². The van der Waals surface area contributed by atoms with Gasteiger partial charge in [-0.25, -0.2) is 8.78 Å². The Morgan fingerprint density at radius 1 is 1.47 bits per heavy atom. The zero-order valence-corrected chi connectivity index (χ0v) is 11.9. The molecule has 7 heteroatoms. The van der Waals surface area contributed by atoms with Crippen LogP contribution in [0.3, 0.4) is 0 Å². The van der Waals surface area contributed by atoms with E-state index in [0.29, 0.717) is 19.6 Å². The normalized spacial score (nSPS) is 21.5. The van der Waals surface area contributed by atoms with E-state index in [-0.39, 0.29) is 23.8 Å². The SMILES string of the molecule is CNCC(c1sc(=O)[nH]c1C)N1CCC(F)(F)CC1. The number of hydrogen-bond donors (Lipinski definition) is 2. The lowest BCUT2D eigenvalue weighted by Gasteiger charge is -2.37. The van der Waals surface area contributed by atoms with Crippen molar-refractivity contribution in [1.82, 2.24) is 15.2 Å². The molecule has 4 nitrogen and oxygen atoms in total. The van der Waals surface area contributed by atoms with Crippen molar-refractivity contribution in [3.63, 3.8) is 0 Å². The van der Waals surface area contributed by atoms with Crippen LogP contribution in [0.4, 0.5) is 8.78 Å². The van der Waals surface area contributed by atoms with Gasteiger partial charge in [-0.1, -0.05) is 11.3 Å². The molecule has 1 aliphatic heterocycles. The van der Waals surface area contributed by atoms with Crippen molar-refractivity contribution < 1.29 is 8.78 Å². The van der Waals surface area contributed by atoms with Crippen LogP contribution in [0.15, 0.2) is 4.79 Å². The highest BCUT2D eigenvalue weighted by Gasteiger charge is 2.37. The molecular formula is C12H19F2N3OS. The summed E-state index contributed by atoms with van der Waals surface area (Å²) < 4.78 is 26.4. The maximum absolute atomic E-state index is 13.2. The van der Waals surface area contributed by atoms with E-state index in [2.05, 4.69) is 10.3 Å². The monoisotopic (exact) mass is 291 g/mol. The lowest BCUT2D eigenvalue weighted by atomic mass is 10.0. The topological polar surface area (TPSA) is 48.1 Å². The van der Waals surface area contributed by atoms with Gasteiger partial charge in [0.15, 0.2) is 0 Å². The molecular weight excluding hydrogens is 272 g/mol. The summed E-state index contributed by atoms with van der Waals surface area (Å²) in [5.74, 6) is -2.54. The third-order valence-corrected chi connectivity index (χ3v) is 4.62. The number of hydrogen-bond acceptors (Lipinski definition) is 4. The first-order valence-corrected chi connectivity index (χ1v) is 7.21. The summed E-state index contributed by atoms with van der Waals surface area (Å²) in [6.45, 7) is 3.24. The van der Waals surface area contributed by atoms with Crippen molar-refractivity contribution >= 4 is 11.3 Å². The predicted molar refractivity (Wildman–Crippen MR) is 72.1 cm³/mol. The van der Waals surface area contributed by atoms with Crippen LogP contribution in [-0.2, 0) is 0 Å². The number of likely N-dealkylation sites (N-methyl/N-ethyl adjacent to an activating group) is 1. The van der Waals surface area contributed by atoms with E-state index >= 15 is 0 Å². The van der Waals surface area contributed by atoms with Crippen LogP contribution >= 0.6 is 11.3 Å². The Morgan fingerprint density at radius 3 is 2.58 bits per heavy atom. The van der Waals surface area contributed by atoms with Gasteiger partial charge < -0.3 is 10.3 Å². The van der Waals surface area contributed by atoms with Gasteiger partial charge in [0.25, 0.3) is 5.92 Å². The van der Waals surface area contributed by atoms with Gasteiger partial charge in [-0.05, 0) is 14.0 Å². The number of likely N-dealkylation sites (tertiary alicyclic amines) is 1. The van der Waals surface area contributed by atoms with Crippen molar-refractivity contribution in [2.24, 2.45) is 0 Å². The molecule has 0 radical (unpaired) electrons. The van der Waals surface area contributed by atoms with Gasteiger partial charge in [0.1, 0.15) is 0 Å². The van der Waals surface area contributed by atoms with E-state index in [4.69, 9.17) is 0 Å². The lowest BCUT2D eigenvalue weighted by Crippen LogP contribution is -2.43. The number of halogens is 2. The second-order valence-corrected chi connectivity index (χ2v) is 5.98. The highest BCUT2D eigenvalue weighted by molar-refractivity contribution is 7.09. The lowest BCUT2D eigenvalue weighted by molar-refractivity contribution is -0.0629. The quantitative estimate of drug-likeness (QED) is 0.888. The molecule has 1 atom stereocenters. The molecule has 1 saturated heterocycles. The molecule has 108 valence electrons. The zero-order valence-electron chi connectivity index (χ0n) is 11.1. The van der Waals surface area contributed by atoms with Crippen molar-refractivity contribution in [2.45, 2.75) is 31.7 Å². The van der Waals surface area contributed by atoms with E-state index in [9.17, 15) is 13.6 Å². The third-order valence-electron chi connectivity index (χ3n) is 3.53. The number of aromatic amines is 1. The predicted octanol–water partition coefficient (Wildman–Crippen LogP) is 1.74.